The first-order chi connectivity index (χ1) is 11.7. The number of hydrogen-bond acceptors (Lipinski definition) is 5. The van der Waals surface area contributed by atoms with Crippen molar-refractivity contribution in [2.45, 2.75) is 25.8 Å². The molecule has 0 spiro atoms. The summed E-state index contributed by atoms with van der Waals surface area (Å²) in [6, 6.07) is 10.2. The average molecular weight is 339 g/mol. The molecular formula is C18H17N3O2S. The van der Waals surface area contributed by atoms with Gasteiger partial charge in [-0.05, 0) is 29.0 Å². The molecule has 0 saturated heterocycles. The van der Waals surface area contributed by atoms with Crippen LogP contribution in [0.1, 0.15) is 30.0 Å². The lowest BCUT2D eigenvalue weighted by atomic mass is 9.90. The normalized spacial score (nSPS) is 16.9. The van der Waals surface area contributed by atoms with Crippen molar-refractivity contribution in [1.29, 1.82) is 0 Å². The monoisotopic (exact) mass is 339 g/mol. The average Bonchev–Trinajstić information content (AvgIpc) is 3.26. The molecule has 4 rings (SSSR count). The van der Waals surface area contributed by atoms with E-state index in [4.69, 9.17) is 4.52 Å². The molecule has 1 aliphatic rings. The highest BCUT2D eigenvalue weighted by atomic mass is 32.1. The van der Waals surface area contributed by atoms with Crippen LogP contribution in [0.25, 0.3) is 11.4 Å². The number of thiophene rings is 1. The molecule has 122 valence electrons. The highest BCUT2D eigenvalue weighted by Crippen LogP contribution is 2.32. The molecule has 1 aromatic carbocycles. The van der Waals surface area contributed by atoms with Crippen LogP contribution in [0, 0.1) is 0 Å². The second-order valence-corrected chi connectivity index (χ2v) is 6.68. The Labute approximate surface area is 143 Å². The summed E-state index contributed by atoms with van der Waals surface area (Å²) in [5, 5.41) is 8.05. The van der Waals surface area contributed by atoms with Gasteiger partial charge in [0.15, 0.2) is 0 Å². The van der Waals surface area contributed by atoms with Gasteiger partial charge in [0.2, 0.25) is 17.6 Å². The van der Waals surface area contributed by atoms with Crippen LogP contribution in [0.4, 0.5) is 0 Å². The number of nitrogens with zero attached hydrogens (tertiary/aromatic N) is 3. The third-order valence-electron chi connectivity index (χ3n) is 4.43. The molecule has 0 radical (unpaired) electrons. The maximum atomic E-state index is 12.1. The standard InChI is InChI=1S/C18H17N3O2S/c1-12(22)21-8-6-13-4-2-3-5-15(13)16(21)10-17-19-18(20-23-17)14-7-9-24-11-14/h2-5,7,9,11,16H,6,8,10H2,1H3/t16-/m0/s1. The molecule has 24 heavy (non-hydrogen) atoms. The second-order valence-electron chi connectivity index (χ2n) is 5.90. The molecule has 1 amide bonds. The van der Waals surface area contributed by atoms with E-state index in [1.807, 2.05) is 33.9 Å². The Balaban J connectivity index is 1.65. The van der Waals surface area contributed by atoms with E-state index >= 15 is 0 Å². The van der Waals surface area contributed by atoms with Crippen molar-refractivity contribution in [3.05, 3.63) is 58.1 Å². The predicted octanol–water partition coefficient (Wildman–Crippen LogP) is 3.49. The molecule has 0 aliphatic carbocycles. The number of benzene rings is 1. The molecule has 2 aromatic heterocycles. The highest BCUT2D eigenvalue weighted by molar-refractivity contribution is 7.08. The minimum Gasteiger partial charge on any atom is -0.339 e. The summed E-state index contributed by atoms with van der Waals surface area (Å²) in [5.41, 5.74) is 3.43. The Bertz CT molecular complexity index is 857. The minimum atomic E-state index is -0.0526. The van der Waals surface area contributed by atoms with Crippen LogP contribution in [0.5, 0.6) is 0 Å². The van der Waals surface area contributed by atoms with Gasteiger partial charge >= 0.3 is 0 Å². The number of amides is 1. The smallest absolute Gasteiger partial charge is 0.229 e. The molecule has 0 unspecified atom stereocenters. The number of carbonyl (C=O) groups excluding carboxylic acids is 1. The molecule has 6 heteroatoms. The van der Waals surface area contributed by atoms with Crippen LogP contribution in [0.2, 0.25) is 0 Å². The lowest BCUT2D eigenvalue weighted by Crippen LogP contribution is -2.39. The summed E-state index contributed by atoms with van der Waals surface area (Å²) in [6.45, 7) is 2.34. The zero-order chi connectivity index (χ0) is 16.5. The SMILES string of the molecule is CC(=O)N1CCc2ccccc2[C@@H]1Cc1nc(-c2ccsc2)no1. The van der Waals surface area contributed by atoms with E-state index in [-0.39, 0.29) is 11.9 Å². The van der Waals surface area contributed by atoms with Crippen LogP contribution in [-0.2, 0) is 17.6 Å². The fourth-order valence-corrected chi connectivity index (χ4v) is 3.90. The molecule has 5 nitrogen and oxygen atoms in total. The first-order valence-electron chi connectivity index (χ1n) is 7.92. The van der Waals surface area contributed by atoms with Crippen molar-refractivity contribution in [2.75, 3.05) is 6.54 Å². The molecule has 3 aromatic rings. The number of aromatic nitrogens is 2. The van der Waals surface area contributed by atoms with E-state index in [1.165, 1.54) is 11.1 Å². The van der Waals surface area contributed by atoms with E-state index in [1.54, 1.807) is 18.3 Å². The quantitative estimate of drug-likeness (QED) is 0.733. The molecule has 0 saturated carbocycles. The van der Waals surface area contributed by atoms with Gasteiger partial charge in [-0.2, -0.15) is 16.3 Å². The minimum absolute atomic E-state index is 0.0526. The molecular weight excluding hydrogens is 322 g/mol. The Morgan fingerprint density at radius 3 is 3.04 bits per heavy atom. The van der Waals surface area contributed by atoms with Gasteiger partial charge < -0.3 is 9.42 Å². The van der Waals surface area contributed by atoms with Gasteiger partial charge in [0, 0.05) is 24.4 Å². The number of hydrogen-bond donors (Lipinski definition) is 0. The predicted molar refractivity (Wildman–Crippen MR) is 91.6 cm³/mol. The largest absolute Gasteiger partial charge is 0.339 e. The van der Waals surface area contributed by atoms with Crippen molar-refractivity contribution in [2.24, 2.45) is 0 Å². The number of fused-ring (bicyclic) bond motifs is 1. The molecule has 0 N–H and O–H groups in total. The van der Waals surface area contributed by atoms with Crippen molar-refractivity contribution in [3.8, 4) is 11.4 Å². The third-order valence-corrected chi connectivity index (χ3v) is 5.12. The van der Waals surface area contributed by atoms with Crippen molar-refractivity contribution in [1.82, 2.24) is 15.0 Å². The lowest BCUT2D eigenvalue weighted by Gasteiger charge is -2.36. The van der Waals surface area contributed by atoms with E-state index in [0.29, 0.717) is 18.1 Å². The molecule has 1 atom stereocenters. The zero-order valence-electron chi connectivity index (χ0n) is 13.3. The van der Waals surface area contributed by atoms with Gasteiger partial charge in [0.25, 0.3) is 0 Å². The van der Waals surface area contributed by atoms with Crippen LogP contribution < -0.4 is 0 Å². The van der Waals surface area contributed by atoms with Crippen LogP contribution in [0.3, 0.4) is 0 Å². The van der Waals surface area contributed by atoms with E-state index in [9.17, 15) is 4.79 Å². The van der Waals surface area contributed by atoms with E-state index in [0.717, 1.165) is 18.5 Å². The fraction of sp³-hybridized carbons (Fsp3) is 0.278. The van der Waals surface area contributed by atoms with Crippen LogP contribution in [0.15, 0.2) is 45.6 Å². The highest BCUT2D eigenvalue weighted by Gasteiger charge is 2.30. The maximum absolute atomic E-state index is 12.1. The van der Waals surface area contributed by atoms with E-state index < -0.39 is 0 Å². The molecule has 3 heterocycles. The molecule has 0 bridgehead atoms. The summed E-state index contributed by atoms with van der Waals surface area (Å²) in [7, 11) is 0. The van der Waals surface area contributed by atoms with Crippen molar-refractivity contribution in [3.63, 3.8) is 0 Å². The summed E-state index contributed by atoms with van der Waals surface area (Å²) in [4.78, 5) is 18.5. The lowest BCUT2D eigenvalue weighted by molar-refractivity contribution is -0.131. The summed E-state index contributed by atoms with van der Waals surface area (Å²) in [5.74, 6) is 1.24. The van der Waals surface area contributed by atoms with E-state index in [2.05, 4.69) is 22.3 Å². The van der Waals surface area contributed by atoms with Crippen LogP contribution >= 0.6 is 11.3 Å². The topological polar surface area (TPSA) is 59.2 Å². The third kappa shape index (κ3) is 2.73. The summed E-state index contributed by atoms with van der Waals surface area (Å²) < 4.78 is 5.44. The first-order valence-corrected chi connectivity index (χ1v) is 8.87. The first kappa shape index (κ1) is 15.1. The van der Waals surface area contributed by atoms with Gasteiger partial charge in [0.1, 0.15) is 0 Å². The van der Waals surface area contributed by atoms with Crippen molar-refractivity contribution < 1.29 is 9.32 Å². The van der Waals surface area contributed by atoms with Gasteiger partial charge in [0.05, 0.1) is 12.5 Å². The molecule has 1 aliphatic heterocycles. The molecule has 0 fully saturated rings. The van der Waals surface area contributed by atoms with Gasteiger partial charge in [-0.3, -0.25) is 4.79 Å². The van der Waals surface area contributed by atoms with Gasteiger partial charge in [-0.15, -0.1) is 0 Å². The number of rotatable bonds is 3. The zero-order valence-corrected chi connectivity index (χ0v) is 14.1. The summed E-state index contributed by atoms with van der Waals surface area (Å²) >= 11 is 1.60. The fourth-order valence-electron chi connectivity index (χ4n) is 3.26. The van der Waals surface area contributed by atoms with Crippen LogP contribution in [-0.4, -0.2) is 27.5 Å². The van der Waals surface area contributed by atoms with Gasteiger partial charge in [-0.25, -0.2) is 0 Å². The second kappa shape index (κ2) is 6.20. The number of carbonyl (C=O) groups is 1. The van der Waals surface area contributed by atoms with Gasteiger partial charge in [-0.1, -0.05) is 29.4 Å². The van der Waals surface area contributed by atoms with Crippen molar-refractivity contribution >= 4 is 17.2 Å². The summed E-state index contributed by atoms with van der Waals surface area (Å²) in [6.07, 6.45) is 1.42. The maximum Gasteiger partial charge on any atom is 0.229 e. The Morgan fingerprint density at radius 2 is 2.25 bits per heavy atom. The Kier molecular flexibility index (Phi) is 3.90. The Morgan fingerprint density at radius 1 is 1.38 bits per heavy atom. The Hall–Kier alpha value is -2.47.